The summed E-state index contributed by atoms with van der Waals surface area (Å²) < 4.78 is 5.40. The largest absolute Gasteiger partial charge is 0.497 e. The lowest BCUT2D eigenvalue weighted by Gasteiger charge is -2.39. The van der Waals surface area contributed by atoms with Crippen LogP contribution in [0.4, 0.5) is 0 Å². The van der Waals surface area contributed by atoms with E-state index in [0.717, 1.165) is 43.7 Å². The number of fused-ring (bicyclic) bond motifs is 1. The molecule has 0 saturated carbocycles. The molecule has 156 valence electrons. The maximum atomic E-state index is 12.4. The molecule has 1 aromatic heterocycles. The number of benzene rings is 2. The summed E-state index contributed by atoms with van der Waals surface area (Å²) in [6, 6.07) is 16.9. The van der Waals surface area contributed by atoms with Crippen molar-refractivity contribution in [2.24, 2.45) is 0 Å². The zero-order valence-electron chi connectivity index (χ0n) is 17.7. The fraction of sp³-hybridized carbons (Fsp3) is 0.400. The molecule has 1 spiro atoms. The first-order valence-electron chi connectivity index (χ1n) is 10.8. The number of piperidine rings is 1. The van der Waals surface area contributed by atoms with Crippen molar-refractivity contribution in [1.29, 1.82) is 0 Å². The molecule has 5 heteroatoms. The first-order valence-corrected chi connectivity index (χ1v) is 10.8. The van der Waals surface area contributed by atoms with Crippen molar-refractivity contribution in [3.63, 3.8) is 0 Å². The highest BCUT2D eigenvalue weighted by Gasteiger charge is 2.49. The predicted molar refractivity (Wildman–Crippen MR) is 119 cm³/mol. The van der Waals surface area contributed by atoms with Crippen LogP contribution in [-0.4, -0.2) is 41.5 Å². The van der Waals surface area contributed by atoms with Crippen LogP contribution in [0, 0.1) is 6.92 Å². The van der Waals surface area contributed by atoms with Crippen molar-refractivity contribution in [3.8, 4) is 5.75 Å². The van der Waals surface area contributed by atoms with Gasteiger partial charge in [-0.25, -0.2) is 0 Å². The number of amides is 1. The molecule has 0 unspecified atom stereocenters. The van der Waals surface area contributed by atoms with Crippen molar-refractivity contribution in [1.82, 2.24) is 15.2 Å². The summed E-state index contributed by atoms with van der Waals surface area (Å²) in [5.41, 5.74) is 4.81. The Hall–Kier alpha value is -2.79. The lowest BCUT2D eigenvalue weighted by molar-refractivity contribution is -0.125. The monoisotopic (exact) mass is 403 g/mol. The molecule has 1 amide bonds. The average Bonchev–Trinajstić information content (AvgIpc) is 3.25. The van der Waals surface area contributed by atoms with Crippen LogP contribution in [0.1, 0.15) is 42.0 Å². The third-order valence-electron chi connectivity index (χ3n) is 6.98. The fourth-order valence-electron chi connectivity index (χ4n) is 5.45. The van der Waals surface area contributed by atoms with Crippen molar-refractivity contribution < 1.29 is 9.53 Å². The molecule has 2 fully saturated rings. The number of methoxy groups -OCH3 is 1. The number of carbonyl (C=O) groups is 1. The number of nitrogens with one attached hydrogen (secondary N) is 2. The van der Waals surface area contributed by atoms with Crippen molar-refractivity contribution in [2.75, 3.05) is 20.2 Å². The molecule has 2 saturated heterocycles. The smallest absolute Gasteiger partial charge is 0.220 e. The van der Waals surface area contributed by atoms with Gasteiger partial charge in [0, 0.05) is 48.6 Å². The molecule has 0 aliphatic carbocycles. The number of hydrogen-bond acceptors (Lipinski definition) is 3. The van der Waals surface area contributed by atoms with Crippen LogP contribution in [0.2, 0.25) is 0 Å². The number of hydrogen-bond donors (Lipinski definition) is 2. The maximum Gasteiger partial charge on any atom is 0.220 e. The van der Waals surface area contributed by atoms with Gasteiger partial charge in [-0.05, 0) is 49.1 Å². The van der Waals surface area contributed by atoms with Crippen molar-refractivity contribution in [3.05, 3.63) is 65.4 Å². The number of ether oxygens (including phenoxy) is 1. The van der Waals surface area contributed by atoms with E-state index < -0.39 is 0 Å². The number of rotatable bonds is 4. The van der Waals surface area contributed by atoms with Crippen LogP contribution in [0.15, 0.2) is 48.5 Å². The van der Waals surface area contributed by atoms with Gasteiger partial charge in [0.05, 0.1) is 12.6 Å². The topological polar surface area (TPSA) is 57.4 Å². The minimum atomic E-state index is -0.167. The summed E-state index contributed by atoms with van der Waals surface area (Å²) in [4.78, 5) is 18.5. The van der Waals surface area contributed by atoms with Crippen LogP contribution in [0.25, 0.3) is 10.9 Å². The zero-order valence-corrected chi connectivity index (χ0v) is 17.7. The number of aromatic amines is 1. The molecule has 0 bridgehead atoms. The van der Waals surface area contributed by atoms with Crippen LogP contribution in [0.5, 0.6) is 5.75 Å². The molecule has 2 atom stereocenters. The number of carbonyl (C=O) groups excluding carboxylic acids is 1. The van der Waals surface area contributed by atoms with E-state index in [1.54, 1.807) is 7.11 Å². The molecular formula is C25H29N3O2. The fourth-order valence-corrected chi connectivity index (χ4v) is 5.45. The van der Waals surface area contributed by atoms with Crippen LogP contribution in [-0.2, 0) is 11.3 Å². The lowest BCUT2D eigenvalue weighted by atomic mass is 9.76. The van der Waals surface area contributed by atoms with Gasteiger partial charge in [-0.15, -0.1) is 0 Å². The second-order valence-corrected chi connectivity index (χ2v) is 8.83. The van der Waals surface area contributed by atoms with Gasteiger partial charge in [0.2, 0.25) is 5.91 Å². The Morgan fingerprint density at radius 3 is 2.80 bits per heavy atom. The Morgan fingerprint density at radius 2 is 2.03 bits per heavy atom. The van der Waals surface area contributed by atoms with E-state index in [9.17, 15) is 4.79 Å². The second-order valence-electron chi connectivity index (χ2n) is 8.83. The van der Waals surface area contributed by atoms with Gasteiger partial charge < -0.3 is 15.0 Å². The average molecular weight is 404 g/mol. The highest BCUT2D eigenvalue weighted by Crippen LogP contribution is 2.42. The van der Waals surface area contributed by atoms with E-state index in [1.165, 1.54) is 22.2 Å². The molecule has 5 rings (SSSR count). The zero-order chi connectivity index (χ0) is 20.7. The molecule has 2 aliphatic heterocycles. The number of likely N-dealkylation sites (tertiary alicyclic amines) is 1. The minimum absolute atomic E-state index is 0.167. The molecule has 0 radical (unpaired) electrons. The van der Waals surface area contributed by atoms with E-state index in [1.807, 2.05) is 6.07 Å². The van der Waals surface area contributed by atoms with E-state index in [2.05, 4.69) is 64.6 Å². The quantitative estimate of drug-likeness (QED) is 0.689. The number of nitrogens with zero attached hydrogens (tertiary/aromatic N) is 1. The summed E-state index contributed by atoms with van der Waals surface area (Å²) in [6.45, 7) is 4.86. The van der Waals surface area contributed by atoms with Gasteiger partial charge in [-0.1, -0.05) is 30.3 Å². The highest BCUT2D eigenvalue weighted by molar-refractivity contribution is 5.85. The number of aryl methyl sites for hydroxylation is 1. The predicted octanol–water partition coefficient (Wildman–Crippen LogP) is 4.12. The van der Waals surface area contributed by atoms with Crippen LogP contribution in [0.3, 0.4) is 0 Å². The molecule has 2 aliphatic rings. The van der Waals surface area contributed by atoms with Crippen molar-refractivity contribution >= 4 is 16.8 Å². The third kappa shape index (κ3) is 3.27. The lowest BCUT2D eigenvalue weighted by Crippen LogP contribution is -2.56. The highest BCUT2D eigenvalue weighted by atomic mass is 16.5. The molecule has 2 N–H and O–H groups in total. The normalized spacial score (nSPS) is 24.5. The van der Waals surface area contributed by atoms with Gasteiger partial charge in [-0.3, -0.25) is 9.69 Å². The van der Waals surface area contributed by atoms with Gasteiger partial charge >= 0.3 is 0 Å². The summed E-state index contributed by atoms with van der Waals surface area (Å²) in [6.07, 6.45) is 2.65. The second kappa shape index (κ2) is 7.47. The summed E-state index contributed by atoms with van der Waals surface area (Å²) in [5, 5.41) is 4.62. The summed E-state index contributed by atoms with van der Waals surface area (Å²) in [7, 11) is 1.70. The summed E-state index contributed by atoms with van der Waals surface area (Å²) >= 11 is 0. The molecule has 5 nitrogen and oxygen atoms in total. The minimum Gasteiger partial charge on any atom is -0.497 e. The summed E-state index contributed by atoms with van der Waals surface area (Å²) in [5.74, 6) is 1.39. The number of aromatic nitrogens is 1. The molecule has 2 aromatic carbocycles. The number of H-pyrrole nitrogens is 1. The molecule has 3 heterocycles. The van der Waals surface area contributed by atoms with Crippen LogP contribution < -0.4 is 10.1 Å². The molecular weight excluding hydrogens is 374 g/mol. The Morgan fingerprint density at radius 1 is 1.20 bits per heavy atom. The van der Waals surface area contributed by atoms with Gasteiger partial charge in [-0.2, -0.15) is 0 Å². The van der Waals surface area contributed by atoms with Gasteiger partial charge in [0.1, 0.15) is 5.75 Å². The Bertz CT molecular complexity index is 1070. The first-order chi connectivity index (χ1) is 14.6. The first kappa shape index (κ1) is 19.2. The van der Waals surface area contributed by atoms with E-state index in [-0.39, 0.29) is 11.4 Å². The van der Waals surface area contributed by atoms with Gasteiger partial charge in [0.25, 0.3) is 0 Å². The van der Waals surface area contributed by atoms with Crippen LogP contribution >= 0.6 is 0 Å². The Balaban J connectivity index is 1.45. The van der Waals surface area contributed by atoms with E-state index in [0.29, 0.717) is 12.3 Å². The Labute approximate surface area is 177 Å². The molecule has 3 aromatic rings. The third-order valence-corrected chi connectivity index (χ3v) is 6.98. The van der Waals surface area contributed by atoms with Gasteiger partial charge in [0.15, 0.2) is 0 Å². The Kier molecular flexibility index (Phi) is 4.78. The SMILES string of the molecule is COc1ccc2[nH]c(CN3C[C@@H](c4ccccc4)[C@@]4(CCCC(=O)N4)C3)c(C)c2c1. The maximum absolute atomic E-state index is 12.4. The van der Waals surface area contributed by atoms with E-state index in [4.69, 9.17) is 4.74 Å². The molecule has 30 heavy (non-hydrogen) atoms. The standard InChI is InChI=1S/C25H29N3O2/c1-17-20-13-19(30-2)10-11-22(20)26-23(17)15-28-14-21(18-7-4-3-5-8-18)25(16-28)12-6-9-24(29)27-25/h3-5,7-8,10-11,13,21,26H,6,9,12,14-16H2,1-2H3,(H,27,29)/t21-,25+/m0/s1. The van der Waals surface area contributed by atoms with Crippen molar-refractivity contribution in [2.45, 2.75) is 44.2 Å². The van der Waals surface area contributed by atoms with E-state index >= 15 is 0 Å².